The minimum Gasteiger partial charge on any atom is -0.492 e. The molecule has 1 aromatic rings. The summed E-state index contributed by atoms with van der Waals surface area (Å²) in [4.78, 5) is 24.1. The Hall–Kier alpha value is -1.88. The summed E-state index contributed by atoms with van der Waals surface area (Å²) in [7, 11) is 0. The number of carbonyl (C=O) groups excluding carboxylic acids is 2. The van der Waals surface area contributed by atoms with Gasteiger partial charge in [-0.2, -0.15) is 0 Å². The summed E-state index contributed by atoms with van der Waals surface area (Å²) in [5.41, 5.74) is 1.14. The second kappa shape index (κ2) is 5.64. The second-order valence-corrected chi connectivity index (χ2v) is 4.35. The smallest absolute Gasteiger partial charge is 0.240 e. The molecule has 0 saturated carbocycles. The van der Waals surface area contributed by atoms with Crippen LogP contribution in [0.3, 0.4) is 0 Å². The molecule has 0 bridgehead atoms. The lowest BCUT2D eigenvalue weighted by atomic mass is 10.2. The van der Waals surface area contributed by atoms with Crippen LogP contribution in [-0.2, 0) is 9.59 Å². The maximum atomic E-state index is 11.1. The molecule has 0 aromatic heterocycles. The van der Waals surface area contributed by atoms with Crippen LogP contribution in [0.25, 0.3) is 0 Å². The number of carbonyl (C=O) groups is 2. The predicted molar refractivity (Wildman–Crippen MR) is 66.3 cm³/mol. The maximum absolute atomic E-state index is 11.1. The lowest BCUT2D eigenvalue weighted by Gasteiger charge is -2.24. The van der Waals surface area contributed by atoms with E-state index in [1.165, 1.54) is 0 Å². The number of piperazine rings is 1. The third kappa shape index (κ3) is 3.56. The SMILES string of the molecule is Cc1cccc(OCCN2CC(=O)NC(=O)C2)c1. The number of nitrogens with one attached hydrogen (secondary N) is 1. The van der Waals surface area contributed by atoms with E-state index in [1.807, 2.05) is 31.2 Å². The average molecular weight is 248 g/mol. The summed E-state index contributed by atoms with van der Waals surface area (Å²) in [6.45, 7) is 3.53. The molecule has 1 fully saturated rings. The third-order valence-corrected chi connectivity index (χ3v) is 2.68. The molecule has 0 unspecified atom stereocenters. The first-order chi connectivity index (χ1) is 8.63. The van der Waals surface area contributed by atoms with E-state index in [4.69, 9.17) is 4.74 Å². The van der Waals surface area contributed by atoms with Crippen LogP contribution >= 0.6 is 0 Å². The molecule has 1 heterocycles. The number of nitrogens with zero attached hydrogens (tertiary/aromatic N) is 1. The van der Waals surface area contributed by atoms with Gasteiger partial charge in [-0.1, -0.05) is 12.1 Å². The number of amides is 2. The summed E-state index contributed by atoms with van der Waals surface area (Å²) in [6, 6.07) is 7.78. The molecule has 0 aliphatic carbocycles. The Morgan fingerprint density at radius 1 is 1.28 bits per heavy atom. The zero-order valence-electron chi connectivity index (χ0n) is 10.3. The highest BCUT2D eigenvalue weighted by molar-refractivity contribution is 5.99. The Labute approximate surface area is 106 Å². The summed E-state index contributed by atoms with van der Waals surface area (Å²) in [5.74, 6) is 0.311. The van der Waals surface area contributed by atoms with Crippen LogP contribution in [0.2, 0.25) is 0 Å². The zero-order chi connectivity index (χ0) is 13.0. The number of hydrogen-bond donors (Lipinski definition) is 1. The molecular formula is C13H16N2O3. The molecule has 0 radical (unpaired) electrons. The monoisotopic (exact) mass is 248 g/mol. The minimum absolute atomic E-state index is 0.248. The lowest BCUT2D eigenvalue weighted by molar-refractivity contribution is -0.136. The normalized spacial score (nSPS) is 16.5. The van der Waals surface area contributed by atoms with Gasteiger partial charge in [-0.15, -0.1) is 0 Å². The number of rotatable bonds is 4. The van der Waals surface area contributed by atoms with Gasteiger partial charge in [0, 0.05) is 6.54 Å². The Morgan fingerprint density at radius 3 is 2.67 bits per heavy atom. The van der Waals surface area contributed by atoms with E-state index < -0.39 is 0 Å². The quantitative estimate of drug-likeness (QED) is 0.780. The molecule has 2 amide bonds. The molecule has 0 spiro atoms. The second-order valence-electron chi connectivity index (χ2n) is 4.35. The summed E-state index contributed by atoms with van der Waals surface area (Å²) >= 11 is 0. The Bertz CT molecular complexity index is 443. The first kappa shape index (κ1) is 12.6. The van der Waals surface area contributed by atoms with Crippen LogP contribution in [0.1, 0.15) is 5.56 Å². The van der Waals surface area contributed by atoms with Gasteiger partial charge in [-0.3, -0.25) is 19.8 Å². The fraction of sp³-hybridized carbons (Fsp3) is 0.385. The highest BCUT2D eigenvalue weighted by atomic mass is 16.5. The van der Waals surface area contributed by atoms with Gasteiger partial charge in [0.1, 0.15) is 12.4 Å². The number of benzene rings is 1. The van der Waals surface area contributed by atoms with Gasteiger partial charge >= 0.3 is 0 Å². The van der Waals surface area contributed by atoms with Gasteiger partial charge < -0.3 is 4.74 Å². The highest BCUT2D eigenvalue weighted by Gasteiger charge is 2.21. The predicted octanol–water partition coefficient (Wildman–Crippen LogP) is 0.332. The van der Waals surface area contributed by atoms with E-state index in [2.05, 4.69) is 5.32 Å². The van der Waals surface area contributed by atoms with Crippen molar-refractivity contribution in [1.29, 1.82) is 0 Å². The Morgan fingerprint density at radius 2 is 2.00 bits per heavy atom. The van der Waals surface area contributed by atoms with Crippen LogP contribution < -0.4 is 10.1 Å². The van der Waals surface area contributed by atoms with E-state index in [0.29, 0.717) is 13.2 Å². The topological polar surface area (TPSA) is 58.6 Å². The van der Waals surface area contributed by atoms with E-state index in [-0.39, 0.29) is 24.9 Å². The molecule has 1 aliphatic rings. The molecule has 18 heavy (non-hydrogen) atoms. The molecule has 1 N–H and O–H groups in total. The molecule has 96 valence electrons. The van der Waals surface area contributed by atoms with Crippen molar-refractivity contribution in [2.24, 2.45) is 0 Å². The van der Waals surface area contributed by atoms with Crippen LogP contribution in [0.5, 0.6) is 5.75 Å². The van der Waals surface area contributed by atoms with Crippen molar-refractivity contribution in [3.05, 3.63) is 29.8 Å². The fourth-order valence-electron chi connectivity index (χ4n) is 1.85. The molecule has 5 heteroatoms. The van der Waals surface area contributed by atoms with Crippen molar-refractivity contribution in [3.8, 4) is 5.75 Å². The van der Waals surface area contributed by atoms with Gasteiger partial charge in [0.15, 0.2) is 0 Å². The van der Waals surface area contributed by atoms with Gasteiger partial charge in [-0.25, -0.2) is 0 Å². The molecule has 1 aliphatic heterocycles. The van der Waals surface area contributed by atoms with Gasteiger partial charge in [-0.05, 0) is 24.6 Å². The summed E-state index contributed by atoms with van der Waals surface area (Å²) < 4.78 is 5.58. The third-order valence-electron chi connectivity index (χ3n) is 2.68. The van der Waals surface area contributed by atoms with Crippen molar-refractivity contribution in [2.45, 2.75) is 6.92 Å². The van der Waals surface area contributed by atoms with Crippen LogP contribution in [0.15, 0.2) is 24.3 Å². The lowest BCUT2D eigenvalue weighted by Crippen LogP contribution is -2.52. The van der Waals surface area contributed by atoms with Gasteiger partial charge in [0.25, 0.3) is 0 Å². The van der Waals surface area contributed by atoms with Crippen LogP contribution in [0, 0.1) is 6.92 Å². The summed E-state index contributed by atoms with van der Waals surface area (Å²) in [5, 5.41) is 2.26. The fourth-order valence-corrected chi connectivity index (χ4v) is 1.85. The van der Waals surface area contributed by atoms with Crippen molar-refractivity contribution in [2.75, 3.05) is 26.2 Å². The van der Waals surface area contributed by atoms with Gasteiger partial charge in [0.2, 0.25) is 11.8 Å². The van der Waals surface area contributed by atoms with E-state index >= 15 is 0 Å². The molecule has 5 nitrogen and oxygen atoms in total. The van der Waals surface area contributed by atoms with Crippen molar-refractivity contribution >= 4 is 11.8 Å². The molecule has 1 aromatic carbocycles. The Kier molecular flexibility index (Phi) is 3.94. The highest BCUT2D eigenvalue weighted by Crippen LogP contribution is 2.12. The first-order valence-electron chi connectivity index (χ1n) is 5.88. The molecule has 0 atom stereocenters. The largest absolute Gasteiger partial charge is 0.492 e. The number of aryl methyl sites for hydroxylation is 1. The average Bonchev–Trinajstić information content (AvgIpc) is 2.27. The zero-order valence-corrected chi connectivity index (χ0v) is 10.3. The Balaban J connectivity index is 1.78. The van der Waals surface area contributed by atoms with Crippen molar-refractivity contribution in [3.63, 3.8) is 0 Å². The van der Waals surface area contributed by atoms with E-state index in [1.54, 1.807) is 4.90 Å². The van der Waals surface area contributed by atoms with E-state index in [9.17, 15) is 9.59 Å². The van der Waals surface area contributed by atoms with Gasteiger partial charge in [0.05, 0.1) is 13.1 Å². The summed E-state index contributed by atoms with van der Waals surface area (Å²) in [6.07, 6.45) is 0. The minimum atomic E-state index is -0.248. The van der Waals surface area contributed by atoms with Crippen LogP contribution in [0.4, 0.5) is 0 Å². The molecule has 1 saturated heterocycles. The number of ether oxygens (including phenoxy) is 1. The molecule has 2 rings (SSSR count). The number of imide groups is 1. The maximum Gasteiger partial charge on any atom is 0.240 e. The van der Waals surface area contributed by atoms with Crippen molar-refractivity contribution < 1.29 is 14.3 Å². The first-order valence-corrected chi connectivity index (χ1v) is 5.88. The molecular weight excluding hydrogens is 232 g/mol. The number of hydrogen-bond acceptors (Lipinski definition) is 4. The van der Waals surface area contributed by atoms with E-state index in [0.717, 1.165) is 11.3 Å². The van der Waals surface area contributed by atoms with Crippen molar-refractivity contribution in [1.82, 2.24) is 10.2 Å². The van der Waals surface area contributed by atoms with Crippen LogP contribution in [-0.4, -0.2) is 43.0 Å². The standard InChI is InChI=1S/C13H16N2O3/c1-10-3-2-4-11(7-10)18-6-5-15-8-12(16)14-13(17)9-15/h2-4,7H,5-6,8-9H2,1H3,(H,14,16,17).